The highest BCUT2D eigenvalue weighted by Gasteiger charge is 2.18. The standard InChI is InChI=1S/C9H7Cl2N3O2/c1-2-16-9(15)6-7-8(11)12-3-5(10)14(7)4-13-6/h3-4H,2H2,1H3. The van der Waals surface area contributed by atoms with E-state index < -0.39 is 5.97 Å². The summed E-state index contributed by atoms with van der Waals surface area (Å²) in [6.45, 7) is 1.98. The molecular formula is C9H7Cl2N3O2. The minimum atomic E-state index is -0.545. The Bertz CT molecular complexity index is 553. The Morgan fingerprint density at radius 3 is 2.94 bits per heavy atom. The zero-order chi connectivity index (χ0) is 11.7. The molecule has 16 heavy (non-hydrogen) atoms. The van der Waals surface area contributed by atoms with Crippen LogP contribution < -0.4 is 0 Å². The molecule has 0 aliphatic carbocycles. The zero-order valence-corrected chi connectivity index (χ0v) is 9.79. The number of hydrogen-bond acceptors (Lipinski definition) is 4. The van der Waals surface area contributed by atoms with Crippen molar-refractivity contribution in [2.75, 3.05) is 6.61 Å². The van der Waals surface area contributed by atoms with Crippen molar-refractivity contribution in [3.63, 3.8) is 0 Å². The van der Waals surface area contributed by atoms with Crippen LogP contribution in [-0.2, 0) is 4.74 Å². The summed E-state index contributed by atoms with van der Waals surface area (Å²) in [5, 5.41) is 0.479. The van der Waals surface area contributed by atoms with E-state index in [4.69, 9.17) is 27.9 Å². The second kappa shape index (κ2) is 4.27. The van der Waals surface area contributed by atoms with E-state index in [2.05, 4.69) is 9.97 Å². The lowest BCUT2D eigenvalue weighted by atomic mass is 10.4. The number of halogens is 2. The monoisotopic (exact) mass is 259 g/mol. The molecule has 0 bridgehead atoms. The van der Waals surface area contributed by atoms with Crippen LogP contribution in [0.4, 0.5) is 0 Å². The number of carbonyl (C=O) groups excluding carboxylic acids is 1. The van der Waals surface area contributed by atoms with Crippen LogP contribution in [-0.4, -0.2) is 26.9 Å². The molecule has 2 rings (SSSR count). The Morgan fingerprint density at radius 1 is 1.50 bits per heavy atom. The largest absolute Gasteiger partial charge is 0.461 e. The van der Waals surface area contributed by atoms with Gasteiger partial charge in [0.15, 0.2) is 10.8 Å². The number of imidazole rings is 1. The first kappa shape index (κ1) is 11.2. The van der Waals surface area contributed by atoms with Crippen molar-refractivity contribution in [3.8, 4) is 0 Å². The highest BCUT2D eigenvalue weighted by Crippen LogP contribution is 2.22. The number of aromatic nitrogens is 3. The molecule has 5 nitrogen and oxygen atoms in total. The normalized spacial score (nSPS) is 10.7. The van der Waals surface area contributed by atoms with Crippen LogP contribution in [0.2, 0.25) is 10.3 Å². The van der Waals surface area contributed by atoms with Gasteiger partial charge in [-0.2, -0.15) is 0 Å². The highest BCUT2D eigenvalue weighted by molar-refractivity contribution is 6.34. The van der Waals surface area contributed by atoms with Crippen LogP contribution in [0.1, 0.15) is 17.4 Å². The number of esters is 1. The van der Waals surface area contributed by atoms with E-state index in [9.17, 15) is 4.79 Å². The Hall–Kier alpha value is -1.33. The molecule has 84 valence electrons. The van der Waals surface area contributed by atoms with Crippen LogP contribution in [0.25, 0.3) is 5.52 Å². The van der Waals surface area contributed by atoms with E-state index in [0.29, 0.717) is 10.7 Å². The second-order valence-electron chi connectivity index (χ2n) is 2.90. The summed E-state index contributed by atoms with van der Waals surface area (Å²) in [5.41, 5.74) is 0.467. The van der Waals surface area contributed by atoms with Gasteiger partial charge in [0.1, 0.15) is 17.0 Å². The van der Waals surface area contributed by atoms with Crippen molar-refractivity contribution in [1.29, 1.82) is 0 Å². The summed E-state index contributed by atoms with van der Waals surface area (Å²) in [6.07, 6.45) is 2.78. The average Bonchev–Trinajstić information content (AvgIpc) is 2.69. The van der Waals surface area contributed by atoms with Gasteiger partial charge in [-0.15, -0.1) is 0 Å². The molecule has 0 saturated heterocycles. The number of carbonyl (C=O) groups is 1. The predicted octanol–water partition coefficient (Wildman–Crippen LogP) is 2.21. The second-order valence-corrected chi connectivity index (χ2v) is 3.65. The minimum Gasteiger partial charge on any atom is -0.461 e. The lowest BCUT2D eigenvalue weighted by Crippen LogP contribution is -2.06. The van der Waals surface area contributed by atoms with Gasteiger partial charge in [0, 0.05) is 0 Å². The van der Waals surface area contributed by atoms with Crippen molar-refractivity contribution in [2.24, 2.45) is 0 Å². The molecule has 2 aromatic rings. The fourth-order valence-electron chi connectivity index (χ4n) is 1.29. The van der Waals surface area contributed by atoms with Crippen molar-refractivity contribution in [2.45, 2.75) is 6.92 Å². The van der Waals surface area contributed by atoms with Gasteiger partial charge >= 0.3 is 5.97 Å². The smallest absolute Gasteiger partial charge is 0.359 e. The quantitative estimate of drug-likeness (QED) is 0.777. The molecule has 0 saturated carbocycles. The Morgan fingerprint density at radius 2 is 2.25 bits per heavy atom. The Kier molecular flexibility index (Phi) is 2.98. The van der Waals surface area contributed by atoms with Gasteiger partial charge in [-0.05, 0) is 6.92 Å². The van der Waals surface area contributed by atoms with Crippen LogP contribution in [0.5, 0.6) is 0 Å². The molecule has 0 aromatic carbocycles. The third kappa shape index (κ3) is 1.72. The molecule has 2 heterocycles. The van der Waals surface area contributed by atoms with E-state index in [1.54, 1.807) is 6.92 Å². The number of rotatable bonds is 2. The fourth-order valence-corrected chi connectivity index (χ4v) is 1.70. The maximum Gasteiger partial charge on any atom is 0.359 e. The van der Waals surface area contributed by atoms with E-state index in [1.807, 2.05) is 0 Å². The van der Waals surface area contributed by atoms with Crippen LogP contribution in [0, 0.1) is 0 Å². The lowest BCUT2D eigenvalue weighted by Gasteiger charge is -2.01. The van der Waals surface area contributed by atoms with Crippen molar-refractivity contribution in [1.82, 2.24) is 14.4 Å². The summed E-state index contributed by atoms with van der Waals surface area (Å²) in [4.78, 5) is 19.3. The molecule has 0 fully saturated rings. The third-order valence-electron chi connectivity index (χ3n) is 1.95. The molecule has 0 radical (unpaired) electrons. The molecule has 2 aromatic heterocycles. The number of ether oxygens (including phenoxy) is 1. The van der Waals surface area contributed by atoms with Gasteiger partial charge in [-0.3, -0.25) is 4.40 Å². The molecule has 0 amide bonds. The SMILES string of the molecule is CCOC(=O)c1ncn2c(Cl)cnc(Cl)c12. The molecule has 0 atom stereocenters. The molecule has 0 unspecified atom stereocenters. The number of fused-ring (bicyclic) bond motifs is 1. The Labute approximate surface area is 101 Å². The van der Waals surface area contributed by atoms with Gasteiger partial charge in [0.05, 0.1) is 12.8 Å². The van der Waals surface area contributed by atoms with Crippen LogP contribution >= 0.6 is 23.2 Å². The summed E-state index contributed by atoms with van der Waals surface area (Å²) in [6, 6.07) is 0. The molecular weight excluding hydrogens is 253 g/mol. The minimum absolute atomic E-state index is 0.113. The predicted molar refractivity (Wildman–Crippen MR) is 59.0 cm³/mol. The highest BCUT2D eigenvalue weighted by atomic mass is 35.5. The molecule has 0 N–H and O–H groups in total. The van der Waals surface area contributed by atoms with E-state index in [1.165, 1.54) is 16.9 Å². The average molecular weight is 260 g/mol. The maximum atomic E-state index is 11.6. The van der Waals surface area contributed by atoms with Crippen molar-refractivity contribution < 1.29 is 9.53 Å². The summed E-state index contributed by atoms with van der Waals surface area (Å²) < 4.78 is 6.32. The van der Waals surface area contributed by atoms with Gasteiger partial charge in [0.25, 0.3) is 0 Å². The van der Waals surface area contributed by atoms with Crippen molar-refractivity contribution >= 4 is 34.7 Å². The summed E-state index contributed by atoms with van der Waals surface area (Å²) in [5.74, 6) is -0.545. The summed E-state index contributed by atoms with van der Waals surface area (Å²) in [7, 11) is 0. The van der Waals surface area contributed by atoms with Crippen LogP contribution in [0.15, 0.2) is 12.5 Å². The number of nitrogens with zero attached hydrogens (tertiary/aromatic N) is 3. The first-order valence-corrected chi connectivity index (χ1v) is 5.25. The number of hydrogen-bond donors (Lipinski definition) is 0. The zero-order valence-electron chi connectivity index (χ0n) is 8.28. The first-order chi connectivity index (χ1) is 7.65. The summed E-state index contributed by atoms with van der Waals surface area (Å²) >= 11 is 11.8. The lowest BCUT2D eigenvalue weighted by molar-refractivity contribution is 0.0522. The fraction of sp³-hybridized carbons (Fsp3) is 0.222. The van der Waals surface area contributed by atoms with E-state index in [0.717, 1.165) is 0 Å². The maximum absolute atomic E-state index is 11.6. The van der Waals surface area contributed by atoms with Gasteiger partial charge < -0.3 is 4.74 Å². The molecule has 0 aliphatic heterocycles. The Balaban J connectivity index is 2.64. The first-order valence-electron chi connectivity index (χ1n) is 4.49. The molecule has 0 spiro atoms. The topological polar surface area (TPSA) is 56.5 Å². The molecule has 0 aliphatic rings. The van der Waals surface area contributed by atoms with Gasteiger partial charge in [-0.25, -0.2) is 14.8 Å². The molecule has 7 heteroatoms. The third-order valence-corrected chi connectivity index (χ3v) is 2.50. The van der Waals surface area contributed by atoms with Crippen molar-refractivity contribution in [3.05, 3.63) is 28.5 Å². The van der Waals surface area contributed by atoms with Crippen LogP contribution in [0.3, 0.4) is 0 Å². The van der Waals surface area contributed by atoms with Gasteiger partial charge in [-0.1, -0.05) is 23.2 Å². The van der Waals surface area contributed by atoms with E-state index >= 15 is 0 Å². The van der Waals surface area contributed by atoms with Gasteiger partial charge in [0.2, 0.25) is 0 Å². The van der Waals surface area contributed by atoms with E-state index in [-0.39, 0.29) is 17.5 Å².